The van der Waals surface area contributed by atoms with Gasteiger partial charge in [0.1, 0.15) is 5.82 Å². The highest BCUT2D eigenvalue weighted by atomic mass is 15.0. The van der Waals surface area contributed by atoms with Gasteiger partial charge in [0.15, 0.2) is 0 Å². The molecule has 2 heterocycles. The Morgan fingerprint density at radius 3 is 2.61 bits per heavy atom. The first-order valence-corrected chi connectivity index (χ1v) is 5.96. The highest BCUT2D eigenvalue weighted by Crippen LogP contribution is 2.12. The largest absolute Gasteiger partial charge is 0.303 e. The van der Waals surface area contributed by atoms with E-state index in [0.29, 0.717) is 6.54 Å². The molecule has 2 aromatic heterocycles. The number of rotatable bonds is 4. The van der Waals surface area contributed by atoms with Gasteiger partial charge in [0.25, 0.3) is 0 Å². The van der Waals surface area contributed by atoms with E-state index in [4.69, 9.17) is 0 Å². The molecule has 0 saturated heterocycles. The second-order valence-corrected chi connectivity index (χ2v) is 4.22. The number of hydrogen-bond donors (Lipinski definition) is 1. The SMILES string of the molecule is Cc1nccc(CNC(C)c2nccnc2C)n1. The molecule has 1 N–H and O–H groups in total. The minimum Gasteiger partial charge on any atom is -0.303 e. The van der Waals surface area contributed by atoms with Gasteiger partial charge in [-0.05, 0) is 26.8 Å². The Morgan fingerprint density at radius 1 is 1.11 bits per heavy atom. The van der Waals surface area contributed by atoms with Crippen LogP contribution in [0.1, 0.15) is 35.9 Å². The fraction of sp³-hybridized carbons (Fsp3) is 0.385. The minimum absolute atomic E-state index is 0.147. The predicted octanol–water partition coefficient (Wildman–Crippen LogP) is 1.73. The van der Waals surface area contributed by atoms with Crippen LogP contribution in [0.25, 0.3) is 0 Å². The molecular weight excluding hydrogens is 226 g/mol. The Kier molecular flexibility index (Phi) is 3.94. The average molecular weight is 243 g/mol. The third-order valence-corrected chi connectivity index (χ3v) is 2.75. The smallest absolute Gasteiger partial charge is 0.125 e. The van der Waals surface area contributed by atoms with Crippen molar-refractivity contribution in [2.75, 3.05) is 0 Å². The van der Waals surface area contributed by atoms with E-state index in [1.807, 2.05) is 19.9 Å². The van der Waals surface area contributed by atoms with Crippen LogP contribution >= 0.6 is 0 Å². The van der Waals surface area contributed by atoms with E-state index in [-0.39, 0.29) is 6.04 Å². The number of aryl methyl sites for hydroxylation is 2. The van der Waals surface area contributed by atoms with Crippen molar-refractivity contribution in [3.05, 3.63) is 47.6 Å². The van der Waals surface area contributed by atoms with E-state index >= 15 is 0 Å². The van der Waals surface area contributed by atoms with Crippen molar-refractivity contribution in [3.63, 3.8) is 0 Å². The Morgan fingerprint density at radius 2 is 1.89 bits per heavy atom. The highest BCUT2D eigenvalue weighted by molar-refractivity contribution is 5.13. The molecule has 0 spiro atoms. The molecule has 0 bridgehead atoms. The number of nitrogens with one attached hydrogen (secondary N) is 1. The van der Waals surface area contributed by atoms with Crippen molar-refractivity contribution < 1.29 is 0 Å². The zero-order valence-electron chi connectivity index (χ0n) is 10.9. The summed E-state index contributed by atoms with van der Waals surface area (Å²) >= 11 is 0. The summed E-state index contributed by atoms with van der Waals surface area (Å²) in [4.78, 5) is 17.0. The van der Waals surface area contributed by atoms with Crippen LogP contribution in [0.5, 0.6) is 0 Å². The summed E-state index contributed by atoms with van der Waals surface area (Å²) < 4.78 is 0. The van der Waals surface area contributed by atoms with Crippen LogP contribution in [-0.4, -0.2) is 19.9 Å². The van der Waals surface area contributed by atoms with Crippen LogP contribution < -0.4 is 5.32 Å². The molecule has 0 aliphatic carbocycles. The normalized spacial score (nSPS) is 12.4. The molecule has 0 aromatic carbocycles. The molecule has 94 valence electrons. The first-order chi connectivity index (χ1) is 8.66. The lowest BCUT2D eigenvalue weighted by molar-refractivity contribution is 0.548. The Bertz CT molecular complexity index is 526. The van der Waals surface area contributed by atoms with Crippen molar-refractivity contribution in [1.29, 1.82) is 0 Å². The van der Waals surface area contributed by atoms with Crippen molar-refractivity contribution >= 4 is 0 Å². The van der Waals surface area contributed by atoms with Gasteiger partial charge in [-0.2, -0.15) is 0 Å². The molecule has 0 aliphatic rings. The van der Waals surface area contributed by atoms with Crippen molar-refractivity contribution in [2.45, 2.75) is 33.4 Å². The Balaban J connectivity index is 2.00. The average Bonchev–Trinajstić information content (AvgIpc) is 2.37. The summed E-state index contributed by atoms with van der Waals surface area (Å²) in [6, 6.07) is 2.06. The lowest BCUT2D eigenvalue weighted by atomic mass is 10.2. The second kappa shape index (κ2) is 5.64. The van der Waals surface area contributed by atoms with Gasteiger partial charge in [0.2, 0.25) is 0 Å². The second-order valence-electron chi connectivity index (χ2n) is 4.22. The monoisotopic (exact) mass is 243 g/mol. The fourth-order valence-corrected chi connectivity index (χ4v) is 1.80. The standard InChI is InChI=1S/C13H17N5/c1-9-13(16-7-6-14-9)10(2)17-8-12-4-5-15-11(3)18-12/h4-7,10,17H,8H2,1-3H3. The molecule has 0 saturated carbocycles. The van der Waals surface area contributed by atoms with Gasteiger partial charge in [-0.25, -0.2) is 9.97 Å². The molecule has 2 aromatic rings. The summed E-state index contributed by atoms with van der Waals surface area (Å²) in [7, 11) is 0. The van der Waals surface area contributed by atoms with Crippen LogP contribution in [0.3, 0.4) is 0 Å². The first kappa shape index (κ1) is 12.6. The molecule has 18 heavy (non-hydrogen) atoms. The predicted molar refractivity (Wildman–Crippen MR) is 68.8 cm³/mol. The topological polar surface area (TPSA) is 63.6 Å². The molecule has 1 atom stereocenters. The Labute approximate surface area is 107 Å². The number of aromatic nitrogens is 4. The summed E-state index contributed by atoms with van der Waals surface area (Å²) in [5.41, 5.74) is 2.91. The van der Waals surface area contributed by atoms with Crippen LogP contribution in [-0.2, 0) is 6.54 Å². The first-order valence-electron chi connectivity index (χ1n) is 5.96. The van der Waals surface area contributed by atoms with E-state index in [0.717, 1.165) is 22.9 Å². The van der Waals surface area contributed by atoms with Gasteiger partial charge in [-0.1, -0.05) is 0 Å². The van der Waals surface area contributed by atoms with Gasteiger partial charge in [-0.3, -0.25) is 9.97 Å². The van der Waals surface area contributed by atoms with E-state index in [2.05, 4.69) is 32.2 Å². The number of hydrogen-bond acceptors (Lipinski definition) is 5. The van der Waals surface area contributed by atoms with Gasteiger partial charge < -0.3 is 5.32 Å². The summed E-state index contributed by atoms with van der Waals surface area (Å²) in [5.74, 6) is 0.789. The van der Waals surface area contributed by atoms with Crippen LogP contribution in [0, 0.1) is 13.8 Å². The van der Waals surface area contributed by atoms with Crippen molar-refractivity contribution in [3.8, 4) is 0 Å². The maximum atomic E-state index is 4.35. The molecule has 0 radical (unpaired) electrons. The maximum absolute atomic E-state index is 4.35. The molecule has 5 nitrogen and oxygen atoms in total. The molecule has 0 amide bonds. The number of nitrogens with zero attached hydrogens (tertiary/aromatic N) is 4. The van der Waals surface area contributed by atoms with E-state index < -0.39 is 0 Å². The minimum atomic E-state index is 0.147. The van der Waals surface area contributed by atoms with E-state index in [1.165, 1.54) is 0 Å². The summed E-state index contributed by atoms with van der Waals surface area (Å²) in [6.07, 6.45) is 5.20. The lowest BCUT2D eigenvalue weighted by Crippen LogP contribution is -2.21. The lowest BCUT2D eigenvalue weighted by Gasteiger charge is -2.14. The molecule has 1 unspecified atom stereocenters. The fourth-order valence-electron chi connectivity index (χ4n) is 1.80. The van der Waals surface area contributed by atoms with E-state index in [1.54, 1.807) is 18.6 Å². The third kappa shape index (κ3) is 3.07. The zero-order chi connectivity index (χ0) is 13.0. The van der Waals surface area contributed by atoms with Gasteiger partial charge in [0.05, 0.1) is 17.1 Å². The van der Waals surface area contributed by atoms with Crippen molar-refractivity contribution in [2.24, 2.45) is 0 Å². The quantitative estimate of drug-likeness (QED) is 0.886. The van der Waals surface area contributed by atoms with Crippen molar-refractivity contribution in [1.82, 2.24) is 25.3 Å². The van der Waals surface area contributed by atoms with Gasteiger partial charge in [0, 0.05) is 31.2 Å². The van der Waals surface area contributed by atoms with Gasteiger partial charge in [-0.15, -0.1) is 0 Å². The molecule has 0 fully saturated rings. The Hall–Kier alpha value is -1.88. The highest BCUT2D eigenvalue weighted by Gasteiger charge is 2.10. The van der Waals surface area contributed by atoms with Crippen LogP contribution in [0.15, 0.2) is 24.7 Å². The molecule has 0 aliphatic heterocycles. The summed E-state index contributed by atoms with van der Waals surface area (Å²) in [5, 5.41) is 3.39. The van der Waals surface area contributed by atoms with E-state index in [9.17, 15) is 0 Å². The zero-order valence-corrected chi connectivity index (χ0v) is 10.9. The molecule has 5 heteroatoms. The van der Waals surface area contributed by atoms with Crippen LogP contribution in [0.2, 0.25) is 0 Å². The molecule has 2 rings (SSSR count). The molecular formula is C13H17N5. The summed E-state index contributed by atoms with van der Waals surface area (Å²) in [6.45, 7) is 6.63. The maximum Gasteiger partial charge on any atom is 0.125 e. The van der Waals surface area contributed by atoms with Crippen LogP contribution in [0.4, 0.5) is 0 Å². The van der Waals surface area contributed by atoms with Gasteiger partial charge >= 0.3 is 0 Å². The third-order valence-electron chi connectivity index (χ3n) is 2.75.